The minimum Gasteiger partial charge on any atom is -0.497 e. The molecule has 8 heteroatoms. The Morgan fingerprint density at radius 2 is 1.88 bits per heavy atom. The van der Waals surface area contributed by atoms with E-state index in [0.717, 1.165) is 49.4 Å². The second kappa shape index (κ2) is 11.6. The molecule has 1 aliphatic rings. The molecule has 1 saturated heterocycles. The third kappa shape index (κ3) is 6.50. The normalized spacial score (nSPS) is 14.7. The van der Waals surface area contributed by atoms with Crippen molar-refractivity contribution in [2.24, 2.45) is 0 Å². The first-order valence-corrected chi connectivity index (χ1v) is 10.9. The zero-order valence-corrected chi connectivity index (χ0v) is 18.2. The quantitative estimate of drug-likeness (QED) is 0.550. The van der Waals surface area contributed by atoms with Crippen molar-refractivity contribution in [2.75, 3.05) is 33.3 Å². The van der Waals surface area contributed by atoms with Crippen LogP contribution < -0.4 is 15.4 Å². The highest BCUT2D eigenvalue weighted by molar-refractivity contribution is 5.94. The summed E-state index contributed by atoms with van der Waals surface area (Å²) >= 11 is 0. The van der Waals surface area contributed by atoms with E-state index in [1.807, 2.05) is 24.3 Å². The number of likely N-dealkylation sites (tertiary alicyclic amines) is 1. The van der Waals surface area contributed by atoms with Gasteiger partial charge in [0.25, 0.3) is 5.91 Å². The standard InChI is InChI=1S/C24H29F2N3O3/c1-32-19-7-4-6-17(14-19)22(29-12-2-3-13-29)16-28-23(30)8-5-11-27-24(31)20-10-9-18(25)15-21(20)26/h4,6-7,9-10,14-15,22H,2-3,5,8,11-13,16H2,1H3,(H,27,31)(H,28,30). The van der Waals surface area contributed by atoms with Crippen molar-refractivity contribution < 1.29 is 23.1 Å². The molecule has 0 aliphatic carbocycles. The fraction of sp³-hybridized carbons (Fsp3) is 0.417. The van der Waals surface area contributed by atoms with Crippen molar-refractivity contribution in [2.45, 2.75) is 31.7 Å². The molecule has 1 unspecified atom stereocenters. The minimum atomic E-state index is -0.911. The number of nitrogens with zero attached hydrogens (tertiary/aromatic N) is 1. The van der Waals surface area contributed by atoms with E-state index in [1.165, 1.54) is 0 Å². The molecule has 2 amide bonds. The lowest BCUT2D eigenvalue weighted by molar-refractivity contribution is -0.121. The number of carbonyl (C=O) groups excluding carboxylic acids is 2. The highest BCUT2D eigenvalue weighted by Gasteiger charge is 2.24. The van der Waals surface area contributed by atoms with E-state index < -0.39 is 17.5 Å². The first kappa shape index (κ1) is 23.7. The second-order valence-corrected chi connectivity index (χ2v) is 7.82. The maximum absolute atomic E-state index is 13.7. The number of ether oxygens (including phenoxy) is 1. The minimum absolute atomic E-state index is 0.0673. The molecule has 0 spiro atoms. The molecule has 2 aromatic carbocycles. The number of nitrogens with one attached hydrogen (secondary N) is 2. The zero-order chi connectivity index (χ0) is 22.9. The van der Waals surface area contributed by atoms with Gasteiger partial charge in [0.2, 0.25) is 5.91 Å². The first-order chi connectivity index (χ1) is 15.5. The molecular formula is C24H29F2N3O3. The van der Waals surface area contributed by atoms with Crippen LogP contribution in [0.25, 0.3) is 0 Å². The molecule has 1 heterocycles. The number of carbonyl (C=O) groups is 2. The summed E-state index contributed by atoms with van der Waals surface area (Å²) in [6.45, 7) is 2.68. The van der Waals surface area contributed by atoms with Gasteiger partial charge in [-0.2, -0.15) is 0 Å². The largest absolute Gasteiger partial charge is 0.497 e. The Labute approximate surface area is 186 Å². The molecular weight excluding hydrogens is 416 g/mol. The van der Waals surface area contributed by atoms with E-state index in [9.17, 15) is 18.4 Å². The highest BCUT2D eigenvalue weighted by Crippen LogP contribution is 2.27. The molecule has 2 aromatic rings. The lowest BCUT2D eigenvalue weighted by atomic mass is 10.0. The molecule has 1 atom stereocenters. The number of methoxy groups -OCH3 is 1. The number of halogens is 2. The van der Waals surface area contributed by atoms with Crippen molar-refractivity contribution in [3.8, 4) is 5.75 Å². The average molecular weight is 446 g/mol. The molecule has 1 aliphatic heterocycles. The first-order valence-electron chi connectivity index (χ1n) is 10.9. The Morgan fingerprint density at radius 3 is 2.59 bits per heavy atom. The monoisotopic (exact) mass is 445 g/mol. The van der Waals surface area contributed by atoms with Gasteiger partial charge in [0.15, 0.2) is 0 Å². The van der Waals surface area contributed by atoms with Crippen molar-refractivity contribution in [3.63, 3.8) is 0 Å². The van der Waals surface area contributed by atoms with Crippen LogP contribution in [0, 0.1) is 11.6 Å². The Balaban J connectivity index is 1.46. The fourth-order valence-electron chi connectivity index (χ4n) is 3.88. The van der Waals surface area contributed by atoms with Crippen molar-refractivity contribution in [3.05, 3.63) is 65.2 Å². The van der Waals surface area contributed by atoms with Crippen LogP contribution in [0.1, 0.15) is 47.6 Å². The van der Waals surface area contributed by atoms with E-state index in [4.69, 9.17) is 4.74 Å². The number of amides is 2. The number of rotatable bonds is 10. The van der Waals surface area contributed by atoms with Gasteiger partial charge in [-0.05, 0) is 62.2 Å². The van der Waals surface area contributed by atoms with Crippen LogP contribution in [0.4, 0.5) is 8.78 Å². The van der Waals surface area contributed by atoms with E-state index in [1.54, 1.807) is 7.11 Å². The molecule has 0 bridgehead atoms. The maximum Gasteiger partial charge on any atom is 0.254 e. The summed E-state index contributed by atoms with van der Waals surface area (Å²) in [5.74, 6) is -1.61. The Hall–Kier alpha value is -3.00. The van der Waals surface area contributed by atoms with Gasteiger partial charge in [-0.1, -0.05) is 12.1 Å². The second-order valence-electron chi connectivity index (χ2n) is 7.82. The predicted molar refractivity (Wildman–Crippen MR) is 117 cm³/mol. The molecule has 0 aromatic heterocycles. The van der Waals surface area contributed by atoms with Crippen LogP contribution >= 0.6 is 0 Å². The van der Waals surface area contributed by atoms with Gasteiger partial charge >= 0.3 is 0 Å². The van der Waals surface area contributed by atoms with Crippen LogP contribution in [0.3, 0.4) is 0 Å². The number of hydrogen-bond donors (Lipinski definition) is 2. The summed E-state index contributed by atoms with van der Waals surface area (Å²) in [6.07, 6.45) is 2.93. The van der Waals surface area contributed by atoms with Gasteiger partial charge in [0.05, 0.1) is 18.7 Å². The van der Waals surface area contributed by atoms with Gasteiger partial charge in [-0.15, -0.1) is 0 Å². The number of hydrogen-bond acceptors (Lipinski definition) is 4. The van der Waals surface area contributed by atoms with Gasteiger partial charge in [-0.3, -0.25) is 14.5 Å². The third-order valence-corrected chi connectivity index (χ3v) is 5.59. The topological polar surface area (TPSA) is 70.7 Å². The van der Waals surface area contributed by atoms with Crippen LogP contribution in [-0.2, 0) is 4.79 Å². The summed E-state index contributed by atoms with van der Waals surface area (Å²) < 4.78 is 31.9. The van der Waals surface area contributed by atoms with Gasteiger partial charge in [-0.25, -0.2) is 8.78 Å². The predicted octanol–water partition coefficient (Wildman–Crippen LogP) is 3.44. The van der Waals surface area contributed by atoms with Gasteiger partial charge < -0.3 is 15.4 Å². The molecule has 0 radical (unpaired) electrons. The Kier molecular flexibility index (Phi) is 8.56. The van der Waals surface area contributed by atoms with E-state index in [-0.39, 0.29) is 30.5 Å². The summed E-state index contributed by atoms with van der Waals surface area (Å²) in [7, 11) is 1.63. The fourth-order valence-corrected chi connectivity index (χ4v) is 3.88. The zero-order valence-electron chi connectivity index (χ0n) is 18.2. The molecule has 6 nitrogen and oxygen atoms in total. The van der Waals surface area contributed by atoms with Crippen LogP contribution in [0.2, 0.25) is 0 Å². The van der Waals surface area contributed by atoms with Crippen LogP contribution in [0.15, 0.2) is 42.5 Å². The summed E-state index contributed by atoms with van der Waals surface area (Å²) in [6, 6.07) is 10.8. The van der Waals surface area contributed by atoms with Gasteiger partial charge in [0, 0.05) is 25.6 Å². The van der Waals surface area contributed by atoms with E-state index in [0.29, 0.717) is 19.0 Å². The highest BCUT2D eigenvalue weighted by atomic mass is 19.1. The Morgan fingerprint density at radius 1 is 1.09 bits per heavy atom. The van der Waals surface area contributed by atoms with E-state index >= 15 is 0 Å². The van der Waals surface area contributed by atoms with Gasteiger partial charge in [0.1, 0.15) is 17.4 Å². The molecule has 0 saturated carbocycles. The third-order valence-electron chi connectivity index (χ3n) is 5.59. The molecule has 32 heavy (non-hydrogen) atoms. The van der Waals surface area contributed by atoms with Crippen LogP contribution in [0.5, 0.6) is 5.75 Å². The van der Waals surface area contributed by atoms with Crippen molar-refractivity contribution >= 4 is 11.8 Å². The van der Waals surface area contributed by atoms with E-state index in [2.05, 4.69) is 15.5 Å². The summed E-state index contributed by atoms with van der Waals surface area (Å²) in [4.78, 5) is 26.7. The summed E-state index contributed by atoms with van der Waals surface area (Å²) in [5, 5.41) is 5.55. The average Bonchev–Trinajstić information content (AvgIpc) is 3.31. The molecule has 1 fully saturated rings. The lowest BCUT2D eigenvalue weighted by Gasteiger charge is -2.28. The van der Waals surface area contributed by atoms with Crippen molar-refractivity contribution in [1.82, 2.24) is 15.5 Å². The van der Waals surface area contributed by atoms with Crippen molar-refractivity contribution in [1.29, 1.82) is 0 Å². The smallest absolute Gasteiger partial charge is 0.254 e. The summed E-state index contributed by atoms with van der Waals surface area (Å²) in [5.41, 5.74) is 0.878. The molecule has 172 valence electrons. The molecule has 2 N–H and O–H groups in total. The SMILES string of the molecule is COc1cccc(C(CNC(=O)CCCNC(=O)c2ccc(F)cc2F)N2CCCC2)c1. The lowest BCUT2D eigenvalue weighted by Crippen LogP contribution is -2.37. The Bertz CT molecular complexity index is 932. The van der Waals surface area contributed by atoms with Crippen LogP contribution in [-0.4, -0.2) is 50.0 Å². The molecule has 3 rings (SSSR count). The maximum atomic E-state index is 13.7. The number of benzene rings is 2.